The van der Waals surface area contributed by atoms with Gasteiger partial charge in [0.1, 0.15) is 6.61 Å². The summed E-state index contributed by atoms with van der Waals surface area (Å²) in [6.45, 7) is 2.01. The molecule has 0 spiro atoms. The number of H-pyrrole nitrogens is 1. The Morgan fingerprint density at radius 2 is 1.91 bits per heavy atom. The number of para-hydroxylation sites is 1. The van der Waals surface area contributed by atoms with E-state index in [-0.39, 0.29) is 12.5 Å². The van der Waals surface area contributed by atoms with E-state index in [4.69, 9.17) is 0 Å². The third-order valence-electron chi connectivity index (χ3n) is 4.10. The van der Waals surface area contributed by atoms with Crippen LogP contribution < -0.4 is 5.32 Å². The first-order valence-electron chi connectivity index (χ1n) is 7.70. The Bertz CT molecular complexity index is 836. The fourth-order valence-electron chi connectivity index (χ4n) is 2.91. The second-order valence-corrected chi connectivity index (χ2v) is 5.62. The lowest BCUT2D eigenvalue weighted by atomic mass is 10.0. The minimum atomic E-state index is -0.382. The zero-order valence-electron chi connectivity index (χ0n) is 13.1. The van der Waals surface area contributed by atoms with Crippen molar-refractivity contribution in [2.45, 2.75) is 20.0 Å². The van der Waals surface area contributed by atoms with Crippen LogP contribution in [0, 0.1) is 6.92 Å². The largest absolute Gasteiger partial charge is 0.361 e. The molecule has 2 aromatic carbocycles. The Morgan fingerprint density at radius 3 is 2.74 bits per heavy atom. The fraction of sp³-hybridized carbons (Fsp3) is 0.211. The highest BCUT2D eigenvalue weighted by Gasteiger charge is 2.13. The van der Waals surface area contributed by atoms with E-state index >= 15 is 0 Å². The lowest BCUT2D eigenvalue weighted by molar-refractivity contribution is 0.0947. The number of rotatable bonds is 5. The summed E-state index contributed by atoms with van der Waals surface area (Å²) in [5, 5.41) is 15.3. The molecule has 0 saturated heterocycles. The van der Waals surface area contributed by atoms with Gasteiger partial charge in [-0.15, -0.1) is 0 Å². The van der Waals surface area contributed by atoms with Crippen molar-refractivity contribution in [3.05, 3.63) is 70.9 Å². The maximum Gasteiger partial charge on any atom is 0.251 e. The van der Waals surface area contributed by atoms with Gasteiger partial charge in [-0.25, -0.2) is 5.11 Å². The average molecular weight is 307 g/mol. The molecule has 0 aliphatic carbocycles. The summed E-state index contributed by atoms with van der Waals surface area (Å²) in [5.41, 5.74) is 4.18. The van der Waals surface area contributed by atoms with Crippen LogP contribution in [0.5, 0.6) is 0 Å². The first kappa shape index (κ1) is 15.3. The van der Waals surface area contributed by atoms with Crippen LogP contribution in [0.4, 0.5) is 0 Å². The Morgan fingerprint density at radius 1 is 1.09 bits per heavy atom. The molecule has 1 aromatic heterocycles. The van der Waals surface area contributed by atoms with E-state index in [0.717, 1.165) is 17.5 Å². The van der Waals surface area contributed by atoms with Gasteiger partial charge >= 0.3 is 0 Å². The molecule has 1 heterocycles. The topological polar surface area (TPSA) is 64.8 Å². The number of hydrogen-bond acceptors (Lipinski definition) is 1. The number of aryl methyl sites for hydroxylation is 1. The van der Waals surface area contributed by atoms with Crippen molar-refractivity contribution in [2.24, 2.45) is 0 Å². The van der Waals surface area contributed by atoms with Crippen molar-refractivity contribution in [3.8, 4) is 0 Å². The van der Waals surface area contributed by atoms with Gasteiger partial charge in [-0.3, -0.25) is 4.79 Å². The Hall–Kier alpha value is -2.59. The van der Waals surface area contributed by atoms with Crippen molar-refractivity contribution in [3.63, 3.8) is 0 Å². The van der Waals surface area contributed by atoms with Crippen molar-refractivity contribution in [1.82, 2.24) is 10.3 Å². The molecule has 3 rings (SSSR count). The Balaban J connectivity index is 1.68. The molecule has 0 atom stereocenters. The van der Waals surface area contributed by atoms with Crippen LogP contribution in [-0.2, 0) is 18.1 Å². The number of carbonyl (C=O) groups excluding carboxylic acids is 1. The SMILES string of the molecule is Cc1cccc(C[O])c1C(=O)NCCc1c[nH]c2ccccc12. The second kappa shape index (κ2) is 6.67. The number of nitrogens with one attached hydrogen (secondary N) is 2. The normalized spacial score (nSPS) is 10.9. The maximum atomic E-state index is 12.4. The van der Waals surface area contributed by atoms with Crippen molar-refractivity contribution >= 4 is 16.8 Å². The first-order valence-corrected chi connectivity index (χ1v) is 7.70. The summed E-state index contributed by atoms with van der Waals surface area (Å²) in [6.07, 6.45) is 2.72. The number of fused-ring (bicyclic) bond motifs is 1. The van der Waals surface area contributed by atoms with E-state index in [0.29, 0.717) is 17.7 Å². The molecule has 0 bridgehead atoms. The predicted molar refractivity (Wildman–Crippen MR) is 89.9 cm³/mol. The molecule has 0 aliphatic heterocycles. The zero-order valence-corrected chi connectivity index (χ0v) is 13.1. The molecule has 2 N–H and O–H groups in total. The molecule has 23 heavy (non-hydrogen) atoms. The summed E-state index contributed by atoms with van der Waals surface area (Å²) in [7, 11) is 0. The molecule has 3 aromatic rings. The number of benzene rings is 2. The van der Waals surface area contributed by atoms with Crippen molar-refractivity contribution in [1.29, 1.82) is 0 Å². The maximum absolute atomic E-state index is 12.4. The molecule has 1 amide bonds. The van der Waals surface area contributed by atoms with Crippen LogP contribution in [-0.4, -0.2) is 17.4 Å². The fourth-order valence-corrected chi connectivity index (χ4v) is 2.91. The highest BCUT2D eigenvalue weighted by atomic mass is 16.3. The van der Waals surface area contributed by atoms with Crippen LogP contribution in [0.25, 0.3) is 10.9 Å². The predicted octanol–water partition coefficient (Wildman–Crippen LogP) is 3.38. The zero-order chi connectivity index (χ0) is 16.2. The van der Waals surface area contributed by atoms with Crippen LogP contribution >= 0.6 is 0 Å². The number of aromatic nitrogens is 1. The summed E-state index contributed by atoms with van der Waals surface area (Å²) >= 11 is 0. The van der Waals surface area contributed by atoms with Gasteiger partial charge in [0.05, 0.1) is 0 Å². The second-order valence-electron chi connectivity index (χ2n) is 5.62. The minimum Gasteiger partial charge on any atom is -0.361 e. The molecule has 0 unspecified atom stereocenters. The van der Waals surface area contributed by atoms with E-state index in [1.807, 2.05) is 43.5 Å². The van der Waals surface area contributed by atoms with E-state index in [1.165, 1.54) is 10.9 Å². The average Bonchev–Trinajstić information content (AvgIpc) is 2.98. The van der Waals surface area contributed by atoms with Gasteiger partial charge in [-0.2, -0.15) is 0 Å². The highest BCUT2D eigenvalue weighted by Crippen LogP contribution is 2.18. The van der Waals surface area contributed by atoms with Gasteiger partial charge in [-0.1, -0.05) is 36.4 Å². The standard InChI is InChI=1S/C19H19N2O2/c1-13-5-4-6-15(12-22)18(13)19(23)20-10-9-14-11-21-17-8-3-2-7-16(14)17/h2-8,11,21H,9-10,12H2,1H3,(H,20,23). The van der Waals surface area contributed by atoms with E-state index < -0.39 is 0 Å². The monoisotopic (exact) mass is 307 g/mol. The minimum absolute atomic E-state index is 0.172. The lowest BCUT2D eigenvalue weighted by Gasteiger charge is -2.11. The highest BCUT2D eigenvalue weighted by molar-refractivity contribution is 5.97. The third-order valence-corrected chi connectivity index (χ3v) is 4.10. The molecule has 4 nitrogen and oxygen atoms in total. The lowest BCUT2D eigenvalue weighted by Crippen LogP contribution is -2.27. The molecule has 0 saturated carbocycles. The summed E-state index contributed by atoms with van der Waals surface area (Å²) in [6, 6.07) is 13.5. The quantitative estimate of drug-likeness (QED) is 0.745. The van der Waals surface area contributed by atoms with Gasteiger partial charge in [0.25, 0.3) is 5.91 Å². The Labute approximate surface area is 135 Å². The van der Waals surface area contributed by atoms with E-state index in [1.54, 1.807) is 6.07 Å². The van der Waals surface area contributed by atoms with Crippen LogP contribution in [0.3, 0.4) is 0 Å². The molecule has 117 valence electrons. The third kappa shape index (κ3) is 3.12. The summed E-state index contributed by atoms with van der Waals surface area (Å²) < 4.78 is 0. The van der Waals surface area contributed by atoms with Gasteiger partial charge in [0.2, 0.25) is 0 Å². The number of amides is 1. The number of aromatic amines is 1. The van der Waals surface area contributed by atoms with E-state index in [9.17, 15) is 9.90 Å². The van der Waals surface area contributed by atoms with E-state index in [2.05, 4.69) is 16.4 Å². The molecule has 0 aliphatic rings. The summed E-state index contributed by atoms with van der Waals surface area (Å²) in [5.74, 6) is -0.172. The van der Waals surface area contributed by atoms with Crippen LogP contribution in [0.15, 0.2) is 48.7 Å². The van der Waals surface area contributed by atoms with Gasteiger partial charge in [-0.05, 0) is 36.1 Å². The van der Waals surface area contributed by atoms with Gasteiger partial charge < -0.3 is 10.3 Å². The smallest absolute Gasteiger partial charge is 0.251 e. The van der Waals surface area contributed by atoms with Crippen molar-refractivity contribution < 1.29 is 9.90 Å². The molecule has 1 radical (unpaired) electrons. The number of hydrogen-bond donors (Lipinski definition) is 2. The molecule has 4 heteroatoms. The first-order chi connectivity index (χ1) is 11.2. The molecular formula is C19H19N2O2. The summed E-state index contributed by atoms with van der Waals surface area (Å²) in [4.78, 5) is 15.6. The van der Waals surface area contributed by atoms with Crippen LogP contribution in [0.1, 0.15) is 27.0 Å². The van der Waals surface area contributed by atoms with Crippen LogP contribution in [0.2, 0.25) is 0 Å². The molecular weight excluding hydrogens is 288 g/mol. The Kier molecular flexibility index (Phi) is 4.44. The van der Waals surface area contributed by atoms with Gasteiger partial charge in [0, 0.05) is 29.2 Å². The van der Waals surface area contributed by atoms with Crippen molar-refractivity contribution in [2.75, 3.05) is 6.54 Å². The van der Waals surface area contributed by atoms with Gasteiger partial charge in [0.15, 0.2) is 0 Å². The number of carbonyl (C=O) groups is 1. The molecule has 0 fully saturated rings.